The largest absolute Gasteiger partial charge is 0.454 e. The lowest BCUT2D eigenvalue weighted by Gasteiger charge is -2.38. The van der Waals surface area contributed by atoms with Gasteiger partial charge in [-0.2, -0.15) is 5.10 Å². The minimum Gasteiger partial charge on any atom is -0.454 e. The topological polar surface area (TPSA) is 87.5 Å². The zero-order chi connectivity index (χ0) is 21.3. The van der Waals surface area contributed by atoms with Crippen LogP contribution in [0.4, 0.5) is 0 Å². The van der Waals surface area contributed by atoms with Crippen LogP contribution >= 0.6 is 0 Å². The molecule has 0 atom stereocenters. The molecule has 1 aromatic carbocycles. The van der Waals surface area contributed by atoms with Crippen molar-refractivity contribution in [2.24, 2.45) is 0 Å². The number of benzene rings is 1. The Bertz CT molecular complexity index is 1090. The fourth-order valence-corrected chi connectivity index (χ4v) is 4.24. The molecule has 4 heterocycles. The van der Waals surface area contributed by atoms with Gasteiger partial charge >= 0.3 is 0 Å². The molecular formula is C23H24N4O4. The molecule has 2 aliphatic rings. The molecule has 8 heteroatoms. The highest BCUT2D eigenvalue weighted by molar-refractivity contribution is 5.95. The maximum atomic E-state index is 13.1. The van der Waals surface area contributed by atoms with E-state index in [0.29, 0.717) is 31.1 Å². The van der Waals surface area contributed by atoms with Gasteiger partial charge in [-0.15, -0.1) is 0 Å². The first-order valence-corrected chi connectivity index (χ1v) is 10.4. The molecule has 1 saturated heterocycles. The van der Waals surface area contributed by atoms with Gasteiger partial charge in [-0.3, -0.25) is 4.79 Å². The zero-order valence-electron chi connectivity index (χ0n) is 17.3. The molecule has 1 fully saturated rings. The highest BCUT2D eigenvalue weighted by Gasteiger charge is 2.36. The third-order valence-electron chi connectivity index (χ3n) is 6.14. The summed E-state index contributed by atoms with van der Waals surface area (Å²) in [5.41, 5.74) is 2.19. The number of ether oxygens (including phenoxy) is 3. The smallest absolute Gasteiger partial charge is 0.254 e. The van der Waals surface area contributed by atoms with Crippen LogP contribution in [-0.2, 0) is 10.2 Å². The first-order chi connectivity index (χ1) is 15.2. The monoisotopic (exact) mass is 420 g/mol. The van der Waals surface area contributed by atoms with Crippen LogP contribution in [0.2, 0.25) is 0 Å². The van der Waals surface area contributed by atoms with Crippen LogP contribution in [0.3, 0.4) is 0 Å². The van der Waals surface area contributed by atoms with Gasteiger partial charge in [0.25, 0.3) is 5.91 Å². The van der Waals surface area contributed by atoms with Gasteiger partial charge < -0.3 is 19.5 Å². The second-order valence-electron chi connectivity index (χ2n) is 7.89. The van der Waals surface area contributed by atoms with E-state index in [1.54, 1.807) is 17.1 Å². The summed E-state index contributed by atoms with van der Waals surface area (Å²) >= 11 is 0. The molecule has 2 aromatic heterocycles. The molecule has 5 rings (SSSR count). The van der Waals surface area contributed by atoms with E-state index in [1.165, 1.54) is 0 Å². The Hall–Kier alpha value is -3.39. The molecule has 2 aliphatic heterocycles. The van der Waals surface area contributed by atoms with E-state index in [4.69, 9.17) is 14.2 Å². The van der Waals surface area contributed by atoms with Gasteiger partial charge in [0.15, 0.2) is 17.3 Å². The molecule has 1 N–H and O–H groups in total. The Morgan fingerprint density at radius 2 is 2.00 bits per heavy atom. The van der Waals surface area contributed by atoms with E-state index in [2.05, 4.69) is 21.5 Å². The van der Waals surface area contributed by atoms with Gasteiger partial charge in [-0.1, -0.05) is 12.1 Å². The average Bonchev–Trinajstić information content (AvgIpc) is 3.44. The number of hydrogen-bond acceptors (Lipinski definition) is 6. The lowest BCUT2D eigenvalue weighted by Crippen LogP contribution is -2.44. The summed E-state index contributed by atoms with van der Waals surface area (Å²) in [4.78, 5) is 17.4. The van der Waals surface area contributed by atoms with Crippen molar-refractivity contribution >= 4 is 5.91 Å². The fraction of sp³-hybridized carbons (Fsp3) is 0.348. The van der Waals surface area contributed by atoms with E-state index < -0.39 is 0 Å². The molecule has 3 aromatic rings. The Morgan fingerprint density at radius 1 is 1.16 bits per heavy atom. The normalized spacial score (nSPS) is 16.8. The summed E-state index contributed by atoms with van der Waals surface area (Å²) in [5.74, 6) is 2.04. The molecule has 0 saturated carbocycles. The first kappa shape index (κ1) is 19.6. The Labute approximate surface area is 180 Å². The zero-order valence-corrected chi connectivity index (χ0v) is 17.3. The standard InChI is InChI=1S/C23H24N4O4/c1-16-18(13-26-27(16)21-4-2-3-9-24-21)22(28)25-14-23(7-10-29-11-8-23)17-5-6-19-20(12-17)31-15-30-19/h2-6,9,12-13H,7-8,10-11,14-15H2,1H3,(H,25,28). The predicted octanol–water partition coefficient (Wildman–Crippen LogP) is 2.78. The van der Waals surface area contributed by atoms with E-state index in [-0.39, 0.29) is 18.1 Å². The van der Waals surface area contributed by atoms with Crippen molar-refractivity contribution in [3.8, 4) is 17.3 Å². The molecule has 8 nitrogen and oxygen atoms in total. The number of nitrogens with zero attached hydrogens (tertiary/aromatic N) is 3. The molecule has 0 unspecified atom stereocenters. The third kappa shape index (κ3) is 3.63. The predicted molar refractivity (Wildman–Crippen MR) is 113 cm³/mol. The lowest BCUT2D eigenvalue weighted by atomic mass is 9.74. The maximum absolute atomic E-state index is 13.1. The number of aromatic nitrogens is 3. The van der Waals surface area contributed by atoms with E-state index in [0.717, 1.165) is 35.6 Å². The molecule has 1 amide bonds. The summed E-state index contributed by atoms with van der Waals surface area (Å²) in [5, 5.41) is 7.50. The molecule has 0 radical (unpaired) electrons. The second-order valence-corrected chi connectivity index (χ2v) is 7.89. The summed E-state index contributed by atoms with van der Waals surface area (Å²) in [6.45, 7) is 3.93. The van der Waals surface area contributed by atoms with Crippen LogP contribution in [0.25, 0.3) is 5.82 Å². The number of pyridine rings is 1. The Kier molecular flexibility index (Phi) is 5.07. The van der Waals surface area contributed by atoms with Gasteiger partial charge in [0.05, 0.1) is 17.5 Å². The van der Waals surface area contributed by atoms with Crippen molar-refractivity contribution in [1.29, 1.82) is 0 Å². The number of carbonyl (C=O) groups is 1. The lowest BCUT2D eigenvalue weighted by molar-refractivity contribution is 0.0486. The summed E-state index contributed by atoms with van der Waals surface area (Å²) in [6, 6.07) is 11.6. The van der Waals surface area contributed by atoms with Crippen molar-refractivity contribution in [2.45, 2.75) is 25.2 Å². The highest BCUT2D eigenvalue weighted by Crippen LogP contribution is 2.40. The van der Waals surface area contributed by atoms with Crippen molar-refractivity contribution in [1.82, 2.24) is 20.1 Å². The quantitative estimate of drug-likeness (QED) is 0.683. The van der Waals surface area contributed by atoms with Gasteiger partial charge in [-0.25, -0.2) is 9.67 Å². The minimum absolute atomic E-state index is 0.147. The number of hydrogen-bond donors (Lipinski definition) is 1. The minimum atomic E-state index is -0.222. The van der Waals surface area contributed by atoms with E-state index >= 15 is 0 Å². The van der Waals surface area contributed by atoms with Crippen LogP contribution < -0.4 is 14.8 Å². The molecular weight excluding hydrogens is 396 g/mol. The van der Waals surface area contributed by atoms with Crippen LogP contribution in [0, 0.1) is 6.92 Å². The van der Waals surface area contributed by atoms with Crippen molar-refractivity contribution in [3.05, 3.63) is 65.6 Å². The Balaban J connectivity index is 1.37. The van der Waals surface area contributed by atoms with Gasteiger partial charge in [0, 0.05) is 31.4 Å². The highest BCUT2D eigenvalue weighted by atomic mass is 16.7. The van der Waals surface area contributed by atoms with Gasteiger partial charge in [0.2, 0.25) is 6.79 Å². The van der Waals surface area contributed by atoms with Crippen LogP contribution in [0.5, 0.6) is 11.5 Å². The van der Waals surface area contributed by atoms with Crippen molar-refractivity contribution in [3.63, 3.8) is 0 Å². The molecule has 160 valence electrons. The number of carbonyl (C=O) groups excluding carboxylic acids is 1. The van der Waals surface area contributed by atoms with E-state index in [1.807, 2.05) is 37.3 Å². The first-order valence-electron chi connectivity index (χ1n) is 10.4. The number of nitrogens with one attached hydrogen (secondary N) is 1. The van der Waals surface area contributed by atoms with Crippen molar-refractivity contribution in [2.75, 3.05) is 26.6 Å². The molecule has 0 bridgehead atoms. The van der Waals surface area contributed by atoms with Crippen molar-refractivity contribution < 1.29 is 19.0 Å². The fourth-order valence-electron chi connectivity index (χ4n) is 4.24. The summed E-state index contributed by atoms with van der Waals surface area (Å²) in [6.07, 6.45) is 4.94. The van der Waals surface area contributed by atoms with E-state index in [9.17, 15) is 4.79 Å². The number of amides is 1. The van der Waals surface area contributed by atoms with Gasteiger partial charge in [-0.05, 0) is 49.6 Å². The number of rotatable bonds is 5. The molecule has 0 aliphatic carbocycles. The summed E-state index contributed by atoms with van der Waals surface area (Å²) in [7, 11) is 0. The van der Waals surface area contributed by atoms with Crippen LogP contribution in [-0.4, -0.2) is 47.2 Å². The number of fused-ring (bicyclic) bond motifs is 1. The average molecular weight is 420 g/mol. The van der Waals surface area contributed by atoms with Gasteiger partial charge in [0.1, 0.15) is 0 Å². The third-order valence-corrected chi connectivity index (χ3v) is 6.14. The molecule has 31 heavy (non-hydrogen) atoms. The Morgan fingerprint density at radius 3 is 2.81 bits per heavy atom. The SMILES string of the molecule is Cc1c(C(=O)NCC2(c3ccc4c(c3)OCO4)CCOCC2)cnn1-c1ccccn1. The summed E-state index contributed by atoms with van der Waals surface area (Å²) < 4.78 is 18.3. The maximum Gasteiger partial charge on any atom is 0.254 e. The molecule has 0 spiro atoms. The van der Waals surface area contributed by atoms with Crippen LogP contribution in [0.1, 0.15) is 34.5 Å². The van der Waals surface area contributed by atoms with Crippen LogP contribution in [0.15, 0.2) is 48.8 Å². The second kappa shape index (κ2) is 8.03.